The predicted octanol–water partition coefficient (Wildman–Crippen LogP) is -0.140. The number of aryl methyl sites for hydroxylation is 1. The molecule has 1 N–H and O–H groups in total. The number of rotatable bonds is 4. The number of imidazole rings is 1. The fourth-order valence-electron chi connectivity index (χ4n) is 2.14. The van der Waals surface area contributed by atoms with Gasteiger partial charge < -0.3 is 9.67 Å². The van der Waals surface area contributed by atoms with Crippen LogP contribution in [0.25, 0.3) is 11.2 Å². The van der Waals surface area contributed by atoms with Crippen LogP contribution in [0.5, 0.6) is 0 Å². The molecule has 2 heterocycles. The Morgan fingerprint density at radius 3 is 2.63 bits per heavy atom. The van der Waals surface area contributed by atoms with Crippen molar-refractivity contribution in [3.05, 3.63) is 27.2 Å². The van der Waals surface area contributed by atoms with Crippen LogP contribution in [0, 0.1) is 0 Å². The highest BCUT2D eigenvalue weighted by atomic mass is 16.3. The van der Waals surface area contributed by atoms with Crippen LogP contribution in [-0.4, -0.2) is 30.4 Å². The molecule has 19 heavy (non-hydrogen) atoms. The van der Waals surface area contributed by atoms with Crippen LogP contribution in [0.3, 0.4) is 0 Å². The van der Waals surface area contributed by atoms with E-state index in [1.54, 1.807) is 10.9 Å². The maximum Gasteiger partial charge on any atom is 0.332 e. The Kier molecular flexibility index (Phi) is 3.57. The molecule has 0 radical (unpaired) electrons. The third-order valence-corrected chi connectivity index (χ3v) is 3.12. The summed E-state index contributed by atoms with van der Waals surface area (Å²) in [7, 11) is 1.46. The van der Waals surface area contributed by atoms with Crippen molar-refractivity contribution in [2.75, 3.05) is 6.61 Å². The number of fused-ring (bicyclic) bond motifs is 1. The molecule has 7 nitrogen and oxygen atoms in total. The van der Waals surface area contributed by atoms with E-state index in [-0.39, 0.29) is 23.9 Å². The first-order valence-corrected chi connectivity index (χ1v) is 6.26. The Bertz CT molecular complexity index is 708. The van der Waals surface area contributed by atoms with Gasteiger partial charge in [-0.15, -0.1) is 0 Å². The summed E-state index contributed by atoms with van der Waals surface area (Å²) in [5.74, 6) is 0. The summed E-state index contributed by atoms with van der Waals surface area (Å²) >= 11 is 0. The number of hydrogen-bond acceptors (Lipinski definition) is 4. The topological polar surface area (TPSA) is 82.0 Å². The summed E-state index contributed by atoms with van der Waals surface area (Å²) in [5.41, 5.74) is 0.0949. The third-order valence-electron chi connectivity index (χ3n) is 3.12. The summed E-state index contributed by atoms with van der Waals surface area (Å²) in [4.78, 5) is 28.5. The lowest BCUT2D eigenvalue weighted by Gasteiger charge is -2.12. The van der Waals surface area contributed by atoms with Gasteiger partial charge in [0.05, 0.1) is 6.33 Å². The number of nitrogens with zero attached hydrogens (tertiary/aromatic N) is 4. The van der Waals surface area contributed by atoms with Crippen LogP contribution < -0.4 is 11.2 Å². The van der Waals surface area contributed by atoms with E-state index < -0.39 is 0 Å². The SMILES string of the molecule is CC(C)n1c(=O)n(C)c(=O)c2c1ncn2CCCO. The summed E-state index contributed by atoms with van der Waals surface area (Å²) in [6.07, 6.45) is 2.08. The molecule has 104 valence electrons. The van der Waals surface area contributed by atoms with Gasteiger partial charge in [0.25, 0.3) is 5.56 Å². The van der Waals surface area contributed by atoms with Crippen LogP contribution in [0.1, 0.15) is 26.3 Å². The fourth-order valence-corrected chi connectivity index (χ4v) is 2.14. The zero-order chi connectivity index (χ0) is 14.2. The molecule has 0 unspecified atom stereocenters. The number of hydrogen-bond donors (Lipinski definition) is 1. The molecule has 0 aliphatic heterocycles. The van der Waals surface area contributed by atoms with E-state index in [4.69, 9.17) is 5.11 Å². The zero-order valence-corrected chi connectivity index (χ0v) is 11.3. The van der Waals surface area contributed by atoms with Crippen molar-refractivity contribution in [3.8, 4) is 0 Å². The van der Waals surface area contributed by atoms with Crippen LogP contribution in [0.2, 0.25) is 0 Å². The summed E-state index contributed by atoms with van der Waals surface area (Å²) in [5, 5.41) is 8.88. The van der Waals surface area contributed by atoms with E-state index in [9.17, 15) is 9.59 Å². The normalized spacial score (nSPS) is 11.6. The minimum absolute atomic E-state index is 0.0454. The lowest BCUT2D eigenvalue weighted by atomic mass is 10.3. The standard InChI is InChI=1S/C12H18N4O3/c1-8(2)16-10-9(11(18)14(3)12(16)19)15(7-13-10)5-4-6-17/h7-8,17H,4-6H2,1-3H3. The molecule has 0 fully saturated rings. The minimum atomic E-state index is -0.361. The molecule has 0 atom stereocenters. The largest absolute Gasteiger partial charge is 0.396 e. The lowest BCUT2D eigenvalue weighted by Crippen LogP contribution is -2.39. The number of aromatic nitrogens is 4. The van der Waals surface area contributed by atoms with E-state index in [0.717, 1.165) is 4.57 Å². The van der Waals surface area contributed by atoms with Gasteiger partial charge in [0.1, 0.15) is 0 Å². The van der Waals surface area contributed by atoms with Crippen molar-refractivity contribution in [2.24, 2.45) is 7.05 Å². The quantitative estimate of drug-likeness (QED) is 0.835. The molecular formula is C12H18N4O3. The van der Waals surface area contributed by atoms with E-state index in [1.807, 2.05) is 13.8 Å². The first-order valence-electron chi connectivity index (χ1n) is 6.26. The van der Waals surface area contributed by atoms with Crippen LogP contribution in [0.4, 0.5) is 0 Å². The van der Waals surface area contributed by atoms with Gasteiger partial charge in [-0.3, -0.25) is 13.9 Å². The van der Waals surface area contributed by atoms with Gasteiger partial charge in [0.15, 0.2) is 11.2 Å². The van der Waals surface area contributed by atoms with Crippen LogP contribution in [-0.2, 0) is 13.6 Å². The fraction of sp³-hybridized carbons (Fsp3) is 0.583. The van der Waals surface area contributed by atoms with Gasteiger partial charge in [-0.2, -0.15) is 0 Å². The molecular weight excluding hydrogens is 248 g/mol. The van der Waals surface area contributed by atoms with Crippen molar-refractivity contribution in [2.45, 2.75) is 32.9 Å². The average Bonchev–Trinajstić information content (AvgIpc) is 2.77. The van der Waals surface area contributed by atoms with Crippen molar-refractivity contribution in [1.29, 1.82) is 0 Å². The molecule has 2 aromatic heterocycles. The molecule has 0 amide bonds. The van der Waals surface area contributed by atoms with Gasteiger partial charge >= 0.3 is 5.69 Å². The average molecular weight is 266 g/mol. The highest BCUT2D eigenvalue weighted by Gasteiger charge is 2.17. The number of aliphatic hydroxyl groups is 1. The Labute approximate surface area is 109 Å². The molecule has 0 saturated carbocycles. The molecule has 0 aromatic carbocycles. The Morgan fingerprint density at radius 2 is 2.05 bits per heavy atom. The summed E-state index contributed by atoms with van der Waals surface area (Å²) in [6.45, 7) is 4.29. The lowest BCUT2D eigenvalue weighted by molar-refractivity contribution is 0.280. The third kappa shape index (κ3) is 2.10. The van der Waals surface area contributed by atoms with E-state index in [1.165, 1.54) is 11.6 Å². The molecule has 7 heteroatoms. The van der Waals surface area contributed by atoms with Crippen molar-refractivity contribution in [1.82, 2.24) is 18.7 Å². The second kappa shape index (κ2) is 5.00. The summed E-state index contributed by atoms with van der Waals surface area (Å²) in [6, 6.07) is -0.0806. The first kappa shape index (κ1) is 13.5. The van der Waals surface area contributed by atoms with Crippen molar-refractivity contribution in [3.63, 3.8) is 0 Å². The Balaban J connectivity index is 2.81. The first-order chi connectivity index (χ1) is 8.99. The van der Waals surface area contributed by atoms with Gasteiger partial charge in [-0.25, -0.2) is 9.78 Å². The molecule has 0 aliphatic carbocycles. The van der Waals surface area contributed by atoms with Gasteiger partial charge in [-0.1, -0.05) is 0 Å². The maximum atomic E-state index is 12.2. The Morgan fingerprint density at radius 1 is 1.37 bits per heavy atom. The maximum absolute atomic E-state index is 12.2. The number of aliphatic hydroxyl groups excluding tert-OH is 1. The van der Waals surface area contributed by atoms with Gasteiger partial charge in [0.2, 0.25) is 0 Å². The Hall–Kier alpha value is -1.89. The van der Waals surface area contributed by atoms with Crippen LogP contribution in [0.15, 0.2) is 15.9 Å². The minimum Gasteiger partial charge on any atom is -0.396 e. The van der Waals surface area contributed by atoms with Crippen molar-refractivity contribution >= 4 is 11.2 Å². The summed E-state index contributed by atoms with van der Waals surface area (Å²) < 4.78 is 4.29. The second-order valence-electron chi connectivity index (χ2n) is 4.80. The smallest absolute Gasteiger partial charge is 0.332 e. The highest BCUT2D eigenvalue weighted by Crippen LogP contribution is 2.11. The zero-order valence-electron chi connectivity index (χ0n) is 11.3. The molecule has 0 aliphatic rings. The second-order valence-corrected chi connectivity index (χ2v) is 4.80. The van der Waals surface area contributed by atoms with Crippen molar-refractivity contribution < 1.29 is 5.11 Å². The molecule has 2 aromatic rings. The van der Waals surface area contributed by atoms with Gasteiger partial charge in [-0.05, 0) is 20.3 Å². The molecule has 0 saturated heterocycles. The molecule has 0 spiro atoms. The van der Waals surface area contributed by atoms with E-state index in [0.29, 0.717) is 24.1 Å². The predicted molar refractivity (Wildman–Crippen MR) is 71.3 cm³/mol. The molecule has 2 rings (SSSR count). The van der Waals surface area contributed by atoms with Gasteiger partial charge in [0, 0.05) is 26.2 Å². The highest BCUT2D eigenvalue weighted by molar-refractivity contribution is 5.70. The van der Waals surface area contributed by atoms with E-state index >= 15 is 0 Å². The monoisotopic (exact) mass is 266 g/mol. The molecule has 0 bridgehead atoms. The van der Waals surface area contributed by atoms with Crippen LogP contribution >= 0.6 is 0 Å². The van der Waals surface area contributed by atoms with E-state index in [2.05, 4.69) is 4.98 Å².